The van der Waals surface area contributed by atoms with Crippen LogP contribution in [0.3, 0.4) is 0 Å². The number of hydrogen-bond donors (Lipinski definition) is 1. The van der Waals surface area contributed by atoms with Crippen LogP contribution in [-0.4, -0.2) is 36.1 Å². The molecule has 7 heteroatoms. The second-order valence-corrected chi connectivity index (χ2v) is 6.67. The fourth-order valence-electron chi connectivity index (χ4n) is 2.68. The Kier molecular flexibility index (Phi) is 4.93. The van der Waals surface area contributed by atoms with Crippen molar-refractivity contribution in [1.82, 2.24) is 10.2 Å². The highest BCUT2D eigenvalue weighted by Gasteiger charge is 2.35. The normalized spacial score (nSPS) is 21.5. The van der Waals surface area contributed by atoms with Gasteiger partial charge in [-0.25, -0.2) is 0 Å². The van der Waals surface area contributed by atoms with Crippen molar-refractivity contribution >= 4 is 17.2 Å². The Morgan fingerprint density at radius 2 is 2.24 bits per heavy atom. The summed E-state index contributed by atoms with van der Waals surface area (Å²) in [6.07, 6.45) is -2.47. The molecule has 0 saturated carbocycles. The molecule has 3 nitrogen and oxygen atoms in total. The summed E-state index contributed by atoms with van der Waals surface area (Å²) >= 11 is 1.68. The first-order chi connectivity index (χ1) is 9.78. The molecule has 0 spiro atoms. The Hall–Kier alpha value is -1.08. The lowest BCUT2D eigenvalue weighted by atomic mass is 10.1. The predicted molar refractivity (Wildman–Crippen MR) is 76.3 cm³/mol. The first-order valence-corrected chi connectivity index (χ1v) is 7.76. The molecular formula is C14H19F3N2OS. The Bertz CT molecular complexity index is 501. The average molecular weight is 320 g/mol. The fourth-order valence-corrected chi connectivity index (χ4v) is 3.71. The Morgan fingerprint density at radius 1 is 1.52 bits per heavy atom. The van der Waals surface area contributed by atoms with Crippen LogP contribution in [0.1, 0.15) is 35.6 Å². The number of thiophene rings is 1. The smallest absolute Gasteiger partial charge is 0.346 e. The predicted octanol–water partition coefficient (Wildman–Crippen LogP) is 3.26. The van der Waals surface area contributed by atoms with Gasteiger partial charge in [0.15, 0.2) is 0 Å². The van der Waals surface area contributed by atoms with E-state index in [4.69, 9.17) is 0 Å². The quantitative estimate of drug-likeness (QED) is 0.923. The van der Waals surface area contributed by atoms with E-state index in [0.29, 0.717) is 0 Å². The van der Waals surface area contributed by atoms with Gasteiger partial charge in [0.1, 0.15) is 6.54 Å². The Labute approximate surface area is 126 Å². The fraction of sp³-hybridized carbons (Fsp3) is 0.643. The highest BCUT2D eigenvalue weighted by atomic mass is 32.1. The summed E-state index contributed by atoms with van der Waals surface area (Å²) < 4.78 is 36.5. The minimum Gasteiger partial charge on any atom is -0.346 e. The van der Waals surface area contributed by atoms with Crippen molar-refractivity contribution in [2.24, 2.45) is 0 Å². The van der Waals surface area contributed by atoms with Gasteiger partial charge >= 0.3 is 6.18 Å². The summed E-state index contributed by atoms with van der Waals surface area (Å²) in [6, 6.07) is 3.66. The van der Waals surface area contributed by atoms with Gasteiger partial charge in [0, 0.05) is 15.8 Å². The molecule has 1 N–H and O–H groups in total. The van der Waals surface area contributed by atoms with Crippen LogP contribution >= 0.6 is 11.3 Å². The van der Waals surface area contributed by atoms with Crippen molar-refractivity contribution in [1.29, 1.82) is 0 Å². The molecular weight excluding hydrogens is 301 g/mol. The van der Waals surface area contributed by atoms with E-state index in [2.05, 4.69) is 0 Å². The van der Waals surface area contributed by atoms with Gasteiger partial charge in [0.25, 0.3) is 0 Å². The minimum atomic E-state index is -4.37. The largest absolute Gasteiger partial charge is 0.405 e. The number of halogens is 3. The maximum Gasteiger partial charge on any atom is 0.405 e. The van der Waals surface area contributed by atoms with Crippen LogP contribution in [0.25, 0.3) is 0 Å². The van der Waals surface area contributed by atoms with Gasteiger partial charge < -0.3 is 5.32 Å². The Morgan fingerprint density at radius 3 is 2.81 bits per heavy atom. The lowest BCUT2D eigenvalue weighted by Gasteiger charge is -2.29. The molecule has 0 unspecified atom stereocenters. The molecule has 1 aromatic rings. The summed E-state index contributed by atoms with van der Waals surface area (Å²) in [6.45, 7) is 3.16. The summed E-state index contributed by atoms with van der Waals surface area (Å²) in [5.74, 6) is -0.562. The van der Waals surface area contributed by atoms with Crippen LogP contribution in [0.4, 0.5) is 13.2 Å². The maximum absolute atomic E-state index is 12.2. The van der Waals surface area contributed by atoms with Gasteiger partial charge in [0.05, 0.1) is 6.04 Å². The number of carbonyl (C=O) groups is 1. The monoisotopic (exact) mass is 320 g/mol. The van der Waals surface area contributed by atoms with Crippen molar-refractivity contribution in [2.45, 2.75) is 44.9 Å². The average Bonchev–Trinajstić information content (AvgIpc) is 3.02. The minimum absolute atomic E-state index is 0.135. The molecule has 21 heavy (non-hydrogen) atoms. The van der Waals surface area contributed by atoms with E-state index in [1.807, 2.05) is 29.3 Å². The highest BCUT2D eigenvalue weighted by molar-refractivity contribution is 7.12. The summed E-state index contributed by atoms with van der Waals surface area (Å²) in [7, 11) is 0. The maximum atomic E-state index is 12.2. The molecule has 0 bridgehead atoms. The summed E-state index contributed by atoms with van der Waals surface area (Å²) in [5.41, 5.74) is 0. The molecule has 0 aliphatic carbocycles. The van der Waals surface area contributed by atoms with E-state index in [9.17, 15) is 18.0 Å². The second-order valence-electron chi connectivity index (χ2n) is 5.35. The first-order valence-electron chi connectivity index (χ1n) is 6.94. The van der Waals surface area contributed by atoms with Gasteiger partial charge in [0.2, 0.25) is 5.91 Å². The van der Waals surface area contributed by atoms with E-state index in [1.165, 1.54) is 9.75 Å². The summed E-state index contributed by atoms with van der Waals surface area (Å²) in [5, 5.41) is 1.97. The molecule has 0 aromatic carbocycles. The molecule has 1 saturated heterocycles. The molecule has 118 valence electrons. The van der Waals surface area contributed by atoms with E-state index in [1.54, 1.807) is 18.3 Å². The molecule has 2 heterocycles. The first kappa shape index (κ1) is 16.3. The third-order valence-corrected chi connectivity index (χ3v) is 4.83. The second kappa shape index (κ2) is 6.36. The molecule has 1 aliphatic rings. The van der Waals surface area contributed by atoms with Gasteiger partial charge in [-0.2, -0.15) is 13.2 Å². The van der Waals surface area contributed by atoms with E-state index >= 15 is 0 Å². The van der Waals surface area contributed by atoms with Crippen molar-refractivity contribution in [3.8, 4) is 0 Å². The van der Waals surface area contributed by atoms with Crippen molar-refractivity contribution in [3.63, 3.8) is 0 Å². The van der Waals surface area contributed by atoms with Crippen LogP contribution < -0.4 is 5.32 Å². The van der Waals surface area contributed by atoms with Gasteiger partial charge in [-0.1, -0.05) is 0 Å². The topological polar surface area (TPSA) is 32.3 Å². The molecule has 1 aliphatic heterocycles. The number of likely N-dealkylation sites (tertiary alicyclic amines) is 1. The zero-order valence-electron chi connectivity index (χ0n) is 12.0. The zero-order chi connectivity index (χ0) is 15.6. The number of amides is 1. The number of nitrogens with zero attached hydrogens (tertiary/aromatic N) is 1. The van der Waals surface area contributed by atoms with Crippen molar-refractivity contribution < 1.29 is 18.0 Å². The third kappa shape index (κ3) is 4.20. The highest BCUT2D eigenvalue weighted by Crippen LogP contribution is 2.37. The number of nitrogens with one attached hydrogen (secondary N) is 1. The third-order valence-electron chi connectivity index (χ3n) is 3.72. The number of rotatable bonds is 4. The Balaban J connectivity index is 2.00. The van der Waals surface area contributed by atoms with Crippen LogP contribution in [0.15, 0.2) is 12.1 Å². The zero-order valence-corrected chi connectivity index (χ0v) is 12.9. The van der Waals surface area contributed by atoms with Gasteiger partial charge in [-0.15, -0.1) is 11.3 Å². The number of alkyl halides is 3. The number of carbonyl (C=O) groups excluding carboxylic acids is 1. The molecule has 1 fully saturated rings. The lowest BCUT2D eigenvalue weighted by molar-refractivity contribution is -0.141. The summed E-state index contributed by atoms with van der Waals surface area (Å²) in [4.78, 5) is 16.3. The molecule has 2 atom stereocenters. The van der Waals surface area contributed by atoms with Crippen molar-refractivity contribution in [3.05, 3.63) is 21.9 Å². The standard InChI is InChI=1S/C14H19F3N2OS/c1-9-5-6-12(21-9)11-4-3-7-19(11)10(2)13(20)18-8-14(15,16)17/h5-6,10-11H,3-4,7-8H2,1-2H3,(H,18,20)/t10-,11+/m0/s1. The lowest BCUT2D eigenvalue weighted by Crippen LogP contribution is -2.47. The molecule has 1 aromatic heterocycles. The van der Waals surface area contributed by atoms with E-state index in [0.717, 1.165) is 19.4 Å². The van der Waals surface area contributed by atoms with Gasteiger partial charge in [-0.3, -0.25) is 9.69 Å². The van der Waals surface area contributed by atoms with E-state index < -0.39 is 24.7 Å². The SMILES string of the molecule is Cc1ccc([C@H]2CCCN2[C@@H](C)C(=O)NCC(F)(F)F)s1. The molecule has 2 rings (SSSR count). The van der Waals surface area contributed by atoms with Crippen LogP contribution in [0.5, 0.6) is 0 Å². The molecule has 1 amide bonds. The number of aryl methyl sites for hydroxylation is 1. The van der Waals surface area contributed by atoms with Crippen LogP contribution in [-0.2, 0) is 4.79 Å². The van der Waals surface area contributed by atoms with Gasteiger partial charge in [-0.05, 0) is 45.4 Å². The van der Waals surface area contributed by atoms with Crippen LogP contribution in [0, 0.1) is 6.92 Å². The van der Waals surface area contributed by atoms with E-state index in [-0.39, 0.29) is 6.04 Å². The van der Waals surface area contributed by atoms with Crippen LogP contribution in [0.2, 0.25) is 0 Å². The number of hydrogen-bond acceptors (Lipinski definition) is 3. The molecule has 0 radical (unpaired) electrons. The van der Waals surface area contributed by atoms with Crippen molar-refractivity contribution in [2.75, 3.05) is 13.1 Å².